The van der Waals surface area contributed by atoms with Crippen molar-refractivity contribution < 1.29 is 0 Å². The number of aryl methyl sites for hydroxylation is 1. The molecule has 0 saturated carbocycles. The zero-order valence-corrected chi connectivity index (χ0v) is 7.40. The van der Waals surface area contributed by atoms with Gasteiger partial charge in [-0.15, -0.1) is 0 Å². The van der Waals surface area contributed by atoms with Gasteiger partial charge in [-0.3, -0.25) is 4.57 Å². The lowest BCUT2D eigenvalue weighted by molar-refractivity contribution is 0.445. The SMILES string of the molecule is CC(CN)Cn1ncn(C)c1=O. The van der Waals surface area contributed by atoms with Gasteiger partial charge in [0, 0.05) is 7.05 Å². The van der Waals surface area contributed by atoms with E-state index in [1.54, 1.807) is 7.05 Å². The van der Waals surface area contributed by atoms with Crippen LogP contribution < -0.4 is 11.4 Å². The molecule has 1 aromatic heterocycles. The lowest BCUT2D eigenvalue weighted by atomic mass is 10.2. The van der Waals surface area contributed by atoms with Crippen LogP contribution in [-0.2, 0) is 13.6 Å². The molecule has 68 valence electrons. The summed E-state index contributed by atoms with van der Waals surface area (Å²) in [6, 6.07) is 0. The first-order chi connectivity index (χ1) is 5.65. The lowest BCUT2D eigenvalue weighted by Gasteiger charge is -2.05. The molecule has 0 aliphatic heterocycles. The molecular formula is C7H14N4O. The number of hydrogen-bond donors (Lipinski definition) is 1. The fourth-order valence-corrected chi connectivity index (χ4v) is 0.916. The number of rotatable bonds is 3. The summed E-state index contributed by atoms with van der Waals surface area (Å²) in [5.41, 5.74) is 5.34. The third-order valence-corrected chi connectivity index (χ3v) is 1.77. The van der Waals surface area contributed by atoms with Gasteiger partial charge in [-0.25, -0.2) is 9.48 Å². The Morgan fingerprint density at radius 2 is 2.42 bits per heavy atom. The van der Waals surface area contributed by atoms with Crippen molar-refractivity contribution in [2.24, 2.45) is 18.7 Å². The van der Waals surface area contributed by atoms with Gasteiger partial charge < -0.3 is 5.73 Å². The van der Waals surface area contributed by atoms with Crippen molar-refractivity contribution >= 4 is 0 Å². The van der Waals surface area contributed by atoms with E-state index in [-0.39, 0.29) is 11.6 Å². The van der Waals surface area contributed by atoms with Crippen molar-refractivity contribution in [2.75, 3.05) is 6.54 Å². The maximum atomic E-state index is 11.2. The zero-order valence-electron chi connectivity index (χ0n) is 7.40. The normalized spacial score (nSPS) is 13.2. The second kappa shape index (κ2) is 3.53. The third kappa shape index (κ3) is 1.73. The van der Waals surface area contributed by atoms with Crippen LogP contribution in [0.4, 0.5) is 0 Å². The predicted molar refractivity (Wildman–Crippen MR) is 45.7 cm³/mol. The molecule has 0 saturated heterocycles. The molecule has 1 rings (SSSR count). The van der Waals surface area contributed by atoms with Gasteiger partial charge in [0.15, 0.2) is 0 Å². The monoisotopic (exact) mass is 170 g/mol. The maximum Gasteiger partial charge on any atom is 0.345 e. The molecule has 0 aliphatic rings. The second-order valence-electron chi connectivity index (χ2n) is 3.05. The third-order valence-electron chi connectivity index (χ3n) is 1.77. The Morgan fingerprint density at radius 1 is 1.75 bits per heavy atom. The maximum absolute atomic E-state index is 11.2. The molecule has 2 N–H and O–H groups in total. The Kier molecular flexibility index (Phi) is 2.65. The number of hydrogen-bond acceptors (Lipinski definition) is 3. The summed E-state index contributed by atoms with van der Waals surface area (Å²) in [6.45, 7) is 3.15. The van der Waals surface area contributed by atoms with Crippen LogP contribution in [0.25, 0.3) is 0 Å². The molecule has 0 bridgehead atoms. The van der Waals surface area contributed by atoms with Gasteiger partial charge in [-0.2, -0.15) is 5.10 Å². The minimum Gasteiger partial charge on any atom is -0.330 e. The van der Waals surface area contributed by atoms with Crippen LogP contribution in [0.3, 0.4) is 0 Å². The van der Waals surface area contributed by atoms with Gasteiger partial charge in [0.05, 0.1) is 6.54 Å². The number of nitrogens with zero attached hydrogens (tertiary/aromatic N) is 3. The highest BCUT2D eigenvalue weighted by molar-refractivity contribution is 4.66. The van der Waals surface area contributed by atoms with Gasteiger partial charge in [0.25, 0.3) is 0 Å². The van der Waals surface area contributed by atoms with Crippen LogP contribution >= 0.6 is 0 Å². The molecular weight excluding hydrogens is 156 g/mol. The van der Waals surface area contributed by atoms with E-state index in [1.807, 2.05) is 6.92 Å². The average Bonchev–Trinajstić information content (AvgIpc) is 2.36. The van der Waals surface area contributed by atoms with Crippen LogP contribution in [0, 0.1) is 5.92 Å². The molecule has 0 spiro atoms. The Hall–Kier alpha value is -1.10. The summed E-state index contributed by atoms with van der Waals surface area (Å²) in [5, 5.41) is 3.91. The van der Waals surface area contributed by atoms with Gasteiger partial charge in [0.1, 0.15) is 6.33 Å². The molecule has 1 unspecified atom stereocenters. The molecule has 1 atom stereocenters. The summed E-state index contributed by atoms with van der Waals surface area (Å²) in [4.78, 5) is 11.2. The van der Waals surface area contributed by atoms with E-state index in [0.717, 1.165) is 0 Å². The molecule has 1 heterocycles. The summed E-state index contributed by atoms with van der Waals surface area (Å²) < 4.78 is 2.88. The fraction of sp³-hybridized carbons (Fsp3) is 0.714. The molecule has 0 aromatic carbocycles. The van der Waals surface area contributed by atoms with Crippen LogP contribution in [0.1, 0.15) is 6.92 Å². The molecule has 0 aliphatic carbocycles. The quantitative estimate of drug-likeness (QED) is 0.644. The van der Waals surface area contributed by atoms with Crippen LogP contribution in [0.5, 0.6) is 0 Å². The van der Waals surface area contributed by atoms with Gasteiger partial charge in [-0.05, 0) is 12.5 Å². The van der Waals surface area contributed by atoms with Gasteiger partial charge in [0.2, 0.25) is 0 Å². The first kappa shape index (κ1) is 8.99. The smallest absolute Gasteiger partial charge is 0.330 e. The molecule has 5 heteroatoms. The second-order valence-corrected chi connectivity index (χ2v) is 3.05. The Morgan fingerprint density at radius 3 is 2.83 bits per heavy atom. The van der Waals surface area contributed by atoms with Crippen molar-refractivity contribution in [3.63, 3.8) is 0 Å². The standard InChI is InChI=1S/C7H14N4O/c1-6(3-8)4-11-7(12)10(2)5-9-11/h5-6H,3-4,8H2,1-2H3. The minimum atomic E-state index is -0.0877. The van der Waals surface area contributed by atoms with Crippen LogP contribution in [0.15, 0.2) is 11.1 Å². The van der Waals surface area contributed by atoms with Crippen molar-refractivity contribution in [1.29, 1.82) is 0 Å². The largest absolute Gasteiger partial charge is 0.345 e. The van der Waals surface area contributed by atoms with E-state index in [0.29, 0.717) is 13.1 Å². The van der Waals surface area contributed by atoms with E-state index >= 15 is 0 Å². The Labute approximate surface area is 70.8 Å². The highest BCUT2D eigenvalue weighted by Gasteiger charge is 2.05. The first-order valence-corrected chi connectivity index (χ1v) is 3.93. The predicted octanol–water partition coefficient (Wildman–Crippen LogP) is -0.823. The van der Waals surface area contributed by atoms with E-state index < -0.39 is 0 Å². The van der Waals surface area contributed by atoms with Crippen molar-refractivity contribution in [2.45, 2.75) is 13.5 Å². The highest BCUT2D eigenvalue weighted by atomic mass is 16.2. The Bertz CT molecular complexity index is 301. The zero-order chi connectivity index (χ0) is 9.14. The van der Waals surface area contributed by atoms with E-state index in [2.05, 4.69) is 5.10 Å². The van der Waals surface area contributed by atoms with E-state index in [4.69, 9.17) is 5.73 Å². The molecule has 0 radical (unpaired) electrons. The molecule has 0 fully saturated rings. The molecule has 1 aromatic rings. The molecule has 0 amide bonds. The number of nitrogens with two attached hydrogens (primary N) is 1. The molecule has 5 nitrogen and oxygen atoms in total. The minimum absolute atomic E-state index is 0.0877. The Balaban J connectivity index is 2.76. The van der Waals surface area contributed by atoms with E-state index in [9.17, 15) is 4.79 Å². The lowest BCUT2D eigenvalue weighted by Crippen LogP contribution is -2.27. The summed E-state index contributed by atoms with van der Waals surface area (Å²) in [7, 11) is 1.68. The summed E-state index contributed by atoms with van der Waals surface area (Å²) in [5.74, 6) is 0.289. The molecule has 12 heavy (non-hydrogen) atoms. The highest BCUT2D eigenvalue weighted by Crippen LogP contribution is 1.92. The van der Waals surface area contributed by atoms with Gasteiger partial charge in [-0.1, -0.05) is 6.92 Å². The van der Waals surface area contributed by atoms with E-state index in [1.165, 1.54) is 15.6 Å². The van der Waals surface area contributed by atoms with Gasteiger partial charge >= 0.3 is 5.69 Å². The first-order valence-electron chi connectivity index (χ1n) is 3.93. The average molecular weight is 170 g/mol. The van der Waals surface area contributed by atoms with Crippen LogP contribution in [-0.4, -0.2) is 20.9 Å². The number of aromatic nitrogens is 3. The van der Waals surface area contributed by atoms with Crippen molar-refractivity contribution in [3.8, 4) is 0 Å². The summed E-state index contributed by atoms with van der Waals surface area (Å²) >= 11 is 0. The topological polar surface area (TPSA) is 65.8 Å². The van der Waals surface area contributed by atoms with Crippen molar-refractivity contribution in [3.05, 3.63) is 16.8 Å². The van der Waals surface area contributed by atoms with Crippen LogP contribution in [0.2, 0.25) is 0 Å². The van der Waals surface area contributed by atoms with Crippen molar-refractivity contribution in [1.82, 2.24) is 14.3 Å². The summed E-state index contributed by atoms with van der Waals surface area (Å²) in [6.07, 6.45) is 1.51. The fourth-order valence-electron chi connectivity index (χ4n) is 0.916.